The average molecular weight is 674 g/mol. The number of nitrogens with zero attached hydrogens (tertiary/aromatic N) is 2. The molecule has 0 unspecified atom stereocenters. The van der Waals surface area contributed by atoms with Crippen molar-refractivity contribution in [2.45, 2.75) is 0 Å². The van der Waals surface area contributed by atoms with E-state index in [1.807, 2.05) is 91.0 Å². The van der Waals surface area contributed by atoms with Crippen LogP contribution in [0.25, 0.3) is 97.4 Å². The van der Waals surface area contributed by atoms with Crippen LogP contribution in [0.4, 0.5) is 0 Å². The van der Waals surface area contributed by atoms with E-state index in [4.69, 9.17) is 2.74 Å². The molecule has 8 aromatic carbocycles. The molecule has 3 heteroatoms. The molecule has 0 N–H and O–H groups in total. The molecular formula is C48H30N2S. The van der Waals surface area contributed by atoms with E-state index in [1.54, 1.807) is 15.9 Å². The van der Waals surface area contributed by atoms with Crippen molar-refractivity contribution >= 4 is 75.1 Å². The van der Waals surface area contributed by atoms with E-state index < -0.39 is 12.1 Å². The number of hydrogen-bond donors (Lipinski definition) is 0. The second-order valence-electron chi connectivity index (χ2n) is 12.8. The van der Waals surface area contributed by atoms with Gasteiger partial charge in [-0.1, -0.05) is 115 Å². The van der Waals surface area contributed by atoms with Crippen molar-refractivity contribution in [2.24, 2.45) is 0 Å². The van der Waals surface area contributed by atoms with Crippen molar-refractivity contribution in [3.63, 3.8) is 0 Å². The Morgan fingerprint density at radius 3 is 1.88 bits per heavy atom. The van der Waals surface area contributed by atoms with E-state index >= 15 is 0 Å². The van der Waals surface area contributed by atoms with Gasteiger partial charge in [0.15, 0.2) is 0 Å². The minimum absolute atomic E-state index is 0.0654. The van der Waals surface area contributed by atoms with Crippen molar-refractivity contribution in [1.29, 1.82) is 0 Å². The molecule has 2 nitrogen and oxygen atoms in total. The molecule has 0 aliphatic heterocycles. The number of aromatic nitrogens is 2. The molecule has 0 spiro atoms. The van der Waals surface area contributed by atoms with E-state index in [2.05, 4.69) is 53.1 Å². The lowest BCUT2D eigenvalue weighted by Gasteiger charge is -2.10. The molecule has 0 saturated carbocycles. The third kappa shape index (κ3) is 4.29. The largest absolute Gasteiger partial charge is 0.309 e. The summed E-state index contributed by atoms with van der Waals surface area (Å²) in [4.78, 5) is 0. The van der Waals surface area contributed by atoms with Crippen LogP contribution in [0.5, 0.6) is 0 Å². The molecule has 0 atom stereocenters. The van der Waals surface area contributed by atoms with Crippen LogP contribution in [0.2, 0.25) is 0 Å². The number of para-hydroxylation sites is 2. The van der Waals surface area contributed by atoms with Gasteiger partial charge in [0, 0.05) is 42.7 Å². The molecule has 3 aromatic heterocycles. The molecule has 0 amide bonds. The smallest absolute Gasteiger partial charge is 0.0645 e. The molecule has 0 fully saturated rings. The van der Waals surface area contributed by atoms with E-state index in [-0.39, 0.29) is 57.6 Å². The Morgan fingerprint density at radius 1 is 0.412 bits per heavy atom. The Hall–Kier alpha value is -6.42. The van der Waals surface area contributed by atoms with Gasteiger partial charge in [-0.05, 0) is 88.9 Å². The lowest BCUT2D eigenvalue weighted by atomic mass is 9.99. The summed E-state index contributed by atoms with van der Waals surface area (Å²) in [5.41, 5.74) is 6.90. The summed E-state index contributed by atoms with van der Waals surface area (Å²) < 4.78 is 70.9. The van der Waals surface area contributed by atoms with E-state index in [0.717, 1.165) is 58.8 Å². The average Bonchev–Trinajstić information content (AvgIpc) is 3.93. The number of rotatable bonds is 4. The van der Waals surface area contributed by atoms with Crippen LogP contribution in [-0.2, 0) is 0 Å². The zero-order valence-corrected chi connectivity index (χ0v) is 27.9. The van der Waals surface area contributed by atoms with Crippen molar-refractivity contribution < 1.29 is 9.60 Å². The summed E-state index contributed by atoms with van der Waals surface area (Å²) in [6, 6.07) is 44.8. The molecule has 0 bridgehead atoms. The summed E-state index contributed by atoms with van der Waals surface area (Å²) in [5.74, 6) is 0. The Balaban J connectivity index is 1.24. The second-order valence-corrected chi connectivity index (χ2v) is 13.8. The zero-order valence-electron chi connectivity index (χ0n) is 34.1. The van der Waals surface area contributed by atoms with Gasteiger partial charge in [-0.2, -0.15) is 0 Å². The standard InChI is InChI=1S/C48H30N2S/c1-3-12-31(13-4-1)32-22-25-43-40(28-32)41-30-34(23-26-44(41)49(43)35-14-5-2-6-15-35)33-24-27-45-39(29-33)36-16-7-9-19-42(36)50(45)46-20-11-18-38-37-17-8-10-21-47(37)51-48(38)46/h1-30H/i7D,9D,16D,19D,24D,27D,29D. The molecule has 51 heavy (non-hydrogen) atoms. The molecule has 11 rings (SSSR count). The normalized spacial score (nSPS) is 13.8. The summed E-state index contributed by atoms with van der Waals surface area (Å²) in [5, 5.41) is 4.33. The van der Waals surface area contributed by atoms with Crippen LogP contribution in [0.3, 0.4) is 0 Å². The van der Waals surface area contributed by atoms with Gasteiger partial charge in [-0.15, -0.1) is 11.3 Å². The highest BCUT2D eigenvalue weighted by Gasteiger charge is 2.18. The Bertz CT molecular complexity index is 3530. The van der Waals surface area contributed by atoms with Crippen LogP contribution in [0.15, 0.2) is 182 Å². The Morgan fingerprint density at radius 2 is 1.08 bits per heavy atom. The summed E-state index contributed by atoms with van der Waals surface area (Å²) in [6.45, 7) is 0. The van der Waals surface area contributed by atoms with Crippen molar-refractivity contribution in [1.82, 2.24) is 9.13 Å². The van der Waals surface area contributed by atoms with E-state index in [0.29, 0.717) is 11.3 Å². The third-order valence-corrected chi connectivity index (χ3v) is 11.2. The Labute approximate surface area is 308 Å². The van der Waals surface area contributed by atoms with Gasteiger partial charge < -0.3 is 9.13 Å². The van der Waals surface area contributed by atoms with Gasteiger partial charge in [-0.3, -0.25) is 0 Å². The SMILES string of the molecule is [2H]c1c([2H])c([2H])c2c(c1[2H])c1c([2H])c(-c3ccc4c(c3)c3cc(-c5ccccc5)ccc3n4-c3ccccc3)c([2H])c([2H])c1n2-c1cccc2c1sc1ccccc12. The number of fused-ring (bicyclic) bond motifs is 9. The van der Waals surface area contributed by atoms with E-state index in [1.165, 1.54) is 0 Å². The molecule has 11 aromatic rings. The van der Waals surface area contributed by atoms with Crippen molar-refractivity contribution in [2.75, 3.05) is 0 Å². The first kappa shape index (κ1) is 22.3. The van der Waals surface area contributed by atoms with Gasteiger partial charge in [0.25, 0.3) is 0 Å². The van der Waals surface area contributed by atoms with Crippen molar-refractivity contribution in [3.05, 3.63) is 182 Å². The minimum Gasteiger partial charge on any atom is -0.309 e. The third-order valence-electron chi connectivity index (χ3n) is 9.96. The van der Waals surface area contributed by atoms with Crippen LogP contribution in [0, 0.1) is 0 Å². The molecular weight excluding hydrogens is 637 g/mol. The predicted molar refractivity (Wildman–Crippen MR) is 219 cm³/mol. The molecule has 0 aliphatic rings. The van der Waals surface area contributed by atoms with Gasteiger partial charge in [-0.25, -0.2) is 0 Å². The van der Waals surface area contributed by atoms with Gasteiger partial charge in [0.2, 0.25) is 0 Å². The fraction of sp³-hybridized carbons (Fsp3) is 0. The van der Waals surface area contributed by atoms with Gasteiger partial charge in [0.1, 0.15) is 0 Å². The lowest BCUT2D eigenvalue weighted by Crippen LogP contribution is -1.94. The van der Waals surface area contributed by atoms with Crippen LogP contribution in [-0.4, -0.2) is 9.13 Å². The van der Waals surface area contributed by atoms with E-state index in [9.17, 15) is 6.85 Å². The van der Waals surface area contributed by atoms with Crippen molar-refractivity contribution in [3.8, 4) is 33.6 Å². The topological polar surface area (TPSA) is 9.86 Å². The lowest BCUT2D eigenvalue weighted by molar-refractivity contribution is 1.18. The molecule has 238 valence electrons. The molecule has 0 aliphatic carbocycles. The summed E-state index contributed by atoms with van der Waals surface area (Å²) >= 11 is 1.57. The molecule has 0 saturated heterocycles. The van der Waals surface area contributed by atoms with Gasteiger partial charge >= 0.3 is 0 Å². The number of benzene rings is 8. The molecule has 0 radical (unpaired) electrons. The van der Waals surface area contributed by atoms with Crippen LogP contribution in [0.1, 0.15) is 9.60 Å². The van der Waals surface area contributed by atoms with Crippen LogP contribution >= 0.6 is 11.3 Å². The maximum Gasteiger partial charge on any atom is 0.0645 e. The first-order valence-corrected chi connectivity index (χ1v) is 17.7. The monoisotopic (exact) mass is 673 g/mol. The highest BCUT2D eigenvalue weighted by atomic mass is 32.1. The maximum absolute atomic E-state index is 9.90. The quantitative estimate of drug-likeness (QED) is 0.176. The fourth-order valence-electron chi connectivity index (χ4n) is 7.65. The maximum atomic E-state index is 9.90. The number of hydrogen-bond acceptors (Lipinski definition) is 1. The minimum atomic E-state index is -0.414. The Kier molecular flexibility index (Phi) is 4.84. The molecule has 3 heterocycles. The fourth-order valence-corrected chi connectivity index (χ4v) is 8.86. The highest BCUT2D eigenvalue weighted by molar-refractivity contribution is 7.26. The summed E-state index contributed by atoms with van der Waals surface area (Å²) in [7, 11) is 0. The second kappa shape index (κ2) is 11.0. The first-order valence-electron chi connectivity index (χ1n) is 20.4. The predicted octanol–water partition coefficient (Wildman–Crippen LogP) is 13.6. The van der Waals surface area contributed by atoms with Gasteiger partial charge in [0.05, 0.1) is 42.0 Å². The van der Waals surface area contributed by atoms with Crippen LogP contribution < -0.4 is 0 Å². The number of thiophene rings is 1. The highest BCUT2D eigenvalue weighted by Crippen LogP contribution is 2.42. The zero-order chi connectivity index (χ0) is 39.6. The summed E-state index contributed by atoms with van der Waals surface area (Å²) in [6.07, 6.45) is 0. The first-order chi connectivity index (χ1) is 28.2.